The van der Waals surface area contributed by atoms with Crippen molar-refractivity contribution in [1.29, 1.82) is 0 Å². The predicted octanol–water partition coefficient (Wildman–Crippen LogP) is 3.24. The van der Waals surface area contributed by atoms with Gasteiger partial charge in [-0.05, 0) is 47.9 Å². The number of hydrogen-bond donors (Lipinski definition) is 2. The quantitative estimate of drug-likeness (QED) is 0.505. The molecule has 0 aliphatic rings. The number of thiocarbonyl (C=S) groups is 1. The first-order valence-corrected chi connectivity index (χ1v) is 10.6. The number of thiophene rings is 1. The van der Waals surface area contributed by atoms with Crippen LogP contribution in [-0.4, -0.2) is 36.8 Å². The molecule has 2 aromatic rings. The van der Waals surface area contributed by atoms with Gasteiger partial charge in [-0.1, -0.05) is 18.2 Å². The first kappa shape index (κ1) is 21.0. The predicted molar refractivity (Wildman–Crippen MR) is 114 cm³/mol. The zero-order chi connectivity index (χ0) is 19.9. The molecule has 2 rings (SSSR count). The van der Waals surface area contributed by atoms with Crippen molar-refractivity contribution >= 4 is 50.3 Å². The van der Waals surface area contributed by atoms with E-state index in [0.717, 1.165) is 0 Å². The highest BCUT2D eigenvalue weighted by Gasteiger charge is 2.22. The topological polar surface area (TPSA) is 78.5 Å². The number of anilines is 1. The maximum Gasteiger partial charge on any atom is 0.267 e. The zero-order valence-corrected chi connectivity index (χ0v) is 16.9. The minimum atomic E-state index is -3.66. The summed E-state index contributed by atoms with van der Waals surface area (Å²) in [6, 6.07) is 9.58. The SMILES string of the molecule is C=CCN(CC=C)S(=O)(=O)c1ccc(NC(=S)NC(=O)c2cccs2)cc1. The summed E-state index contributed by atoms with van der Waals surface area (Å²) in [5.74, 6) is -0.300. The Morgan fingerprint density at radius 2 is 1.78 bits per heavy atom. The Balaban J connectivity index is 2.05. The second kappa shape index (κ2) is 9.56. The number of carbonyl (C=O) groups is 1. The van der Waals surface area contributed by atoms with E-state index in [4.69, 9.17) is 12.2 Å². The van der Waals surface area contributed by atoms with Crippen molar-refractivity contribution in [3.8, 4) is 0 Å². The van der Waals surface area contributed by atoms with Crippen LogP contribution in [0.15, 0.2) is 72.0 Å². The van der Waals surface area contributed by atoms with Crippen LogP contribution in [-0.2, 0) is 10.0 Å². The van der Waals surface area contributed by atoms with Crippen molar-refractivity contribution in [2.75, 3.05) is 18.4 Å². The zero-order valence-electron chi connectivity index (χ0n) is 14.4. The minimum absolute atomic E-state index is 0.129. The lowest BCUT2D eigenvalue weighted by Crippen LogP contribution is -2.33. The minimum Gasteiger partial charge on any atom is -0.332 e. The van der Waals surface area contributed by atoms with Gasteiger partial charge in [0.2, 0.25) is 10.0 Å². The van der Waals surface area contributed by atoms with E-state index in [0.29, 0.717) is 10.6 Å². The Bertz CT molecular complexity index is 911. The molecule has 9 heteroatoms. The van der Waals surface area contributed by atoms with Crippen LogP contribution >= 0.6 is 23.6 Å². The third-order valence-corrected chi connectivity index (χ3v) is 6.31. The molecule has 0 bridgehead atoms. The Kier molecular flexibility index (Phi) is 7.43. The second-order valence-corrected chi connectivity index (χ2v) is 8.60. The molecule has 142 valence electrons. The Morgan fingerprint density at radius 3 is 2.30 bits per heavy atom. The number of amides is 1. The average Bonchev–Trinajstić information content (AvgIpc) is 3.16. The van der Waals surface area contributed by atoms with E-state index in [1.807, 2.05) is 0 Å². The van der Waals surface area contributed by atoms with Crippen LogP contribution in [0.4, 0.5) is 5.69 Å². The molecule has 1 amide bonds. The molecular weight excluding hydrogens is 402 g/mol. The third kappa shape index (κ3) is 5.57. The fourth-order valence-electron chi connectivity index (χ4n) is 2.15. The van der Waals surface area contributed by atoms with Gasteiger partial charge in [-0.2, -0.15) is 4.31 Å². The van der Waals surface area contributed by atoms with Gasteiger partial charge in [0.25, 0.3) is 5.91 Å². The van der Waals surface area contributed by atoms with Gasteiger partial charge in [0, 0.05) is 18.8 Å². The largest absolute Gasteiger partial charge is 0.332 e. The molecule has 0 saturated heterocycles. The Morgan fingerprint density at radius 1 is 1.15 bits per heavy atom. The second-order valence-electron chi connectivity index (χ2n) is 5.31. The van der Waals surface area contributed by atoms with Gasteiger partial charge >= 0.3 is 0 Å². The van der Waals surface area contributed by atoms with Crippen LogP contribution in [0.1, 0.15) is 9.67 Å². The van der Waals surface area contributed by atoms with E-state index in [9.17, 15) is 13.2 Å². The highest BCUT2D eigenvalue weighted by atomic mass is 32.2. The summed E-state index contributed by atoms with van der Waals surface area (Å²) >= 11 is 6.43. The van der Waals surface area contributed by atoms with Crippen LogP contribution in [0.5, 0.6) is 0 Å². The normalized spacial score (nSPS) is 11.0. The highest BCUT2D eigenvalue weighted by molar-refractivity contribution is 7.89. The van der Waals surface area contributed by atoms with E-state index in [1.54, 1.807) is 29.6 Å². The third-order valence-electron chi connectivity index (χ3n) is 3.39. The van der Waals surface area contributed by atoms with Crippen molar-refractivity contribution in [1.82, 2.24) is 9.62 Å². The van der Waals surface area contributed by atoms with Gasteiger partial charge in [0.05, 0.1) is 9.77 Å². The number of sulfonamides is 1. The lowest BCUT2D eigenvalue weighted by molar-refractivity contribution is 0.0981. The van der Waals surface area contributed by atoms with Crippen molar-refractivity contribution in [2.45, 2.75) is 4.90 Å². The van der Waals surface area contributed by atoms with Crippen LogP contribution in [0.3, 0.4) is 0 Å². The molecule has 1 aromatic heterocycles. The van der Waals surface area contributed by atoms with Crippen molar-refractivity contribution in [2.24, 2.45) is 0 Å². The summed E-state index contributed by atoms with van der Waals surface area (Å²) in [5.41, 5.74) is 0.560. The molecule has 0 radical (unpaired) electrons. The van der Waals surface area contributed by atoms with Crippen molar-refractivity contribution in [3.05, 3.63) is 72.0 Å². The molecule has 0 aliphatic heterocycles. The summed E-state index contributed by atoms with van der Waals surface area (Å²) in [6.07, 6.45) is 3.04. The molecule has 1 heterocycles. The summed E-state index contributed by atoms with van der Waals surface area (Å²) in [5, 5.41) is 7.35. The molecule has 0 atom stereocenters. The number of nitrogens with one attached hydrogen (secondary N) is 2. The Labute approximate surface area is 168 Å². The summed E-state index contributed by atoms with van der Waals surface area (Å²) < 4.78 is 26.6. The molecule has 27 heavy (non-hydrogen) atoms. The summed E-state index contributed by atoms with van der Waals surface area (Å²) in [7, 11) is -3.66. The maximum atomic E-state index is 12.7. The van der Waals surface area contributed by atoms with E-state index >= 15 is 0 Å². The summed E-state index contributed by atoms with van der Waals surface area (Å²) in [6.45, 7) is 7.54. The first-order valence-electron chi connectivity index (χ1n) is 7.86. The van der Waals surface area contributed by atoms with Crippen LogP contribution < -0.4 is 10.6 Å². The monoisotopic (exact) mass is 421 g/mol. The van der Waals surface area contributed by atoms with E-state index < -0.39 is 10.0 Å². The average molecular weight is 422 g/mol. The molecular formula is C18H19N3O3S3. The van der Waals surface area contributed by atoms with Gasteiger partial charge in [-0.15, -0.1) is 24.5 Å². The van der Waals surface area contributed by atoms with Crippen molar-refractivity contribution < 1.29 is 13.2 Å². The number of carbonyl (C=O) groups excluding carboxylic acids is 1. The van der Waals surface area contributed by atoms with E-state index in [1.165, 1.54) is 39.9 Å². The molecule has 0 saturated carbocycles. The lowest BCUT2D eigenvalue weighted by atomic mass is 10.3. The molecule has 6 nitrogen and oxygen atoms in total. The highest BCUT2D eigenvalue weighted by Crippen LogP contribution is 2.18. The number of hydrogen-bond acceptors (Lipinski definition) is 5. The lowest BCUT2D eigenvalue weighted by Gasteiger charge is -2.19. The van der Waals surface area contributed by atoms with Crippen LogP contribution in [0.25, 0.3) is 0 Å². The number of rotatable bonds is 8. The van der Waals surface area contributed by atoms with E-state index in [-0.39, 0.29) is 29.0 Å². The van der Waals surface area contributed by atoms with Gasteiger partial charge in [0.1, 0.15) is 0 Å². The van der Waals surface area contributed by atoms with Crippen LogP contribution in [0.2, 0.25) is 0 Å². The van der Waals surface area contributed by atoms with Crippen LogP contribution in [0, 0.1) is 0 Å². The standard InChI is InChI=1S/C18H19N3O3S3/c1-3-11-21(12-4-2)27(23,24)15-9-7-14(8-10-15)19-18(25)20-17(22)16-6-5-13-26-16/h3-10,13H,1-2,11-12H2,(H2,19,20,22,25). The molecule has 2 N–H and O–H groups in total. The molecule has 0 unspecified atom stereocenters. The number of nitrogens with zero attached hydrogens (tertiary/aromatic N) is 1. The van der Waals surface area contributed by atoms with E-state index in [2.05, 4.69) is 23.8 Å². The van der Waals surface area contributed by atoms with Gasteiger partial charge in [0.15, 0.2) is 5.11 Å². The summed E-state index contributed by atoms with van der Waals surface area (Å²) in [4.78, 5) is 12.7. The maximum absolute atomic E-state index is 12.7. The first-order chi connectivity index (χ1) is 12.9. The van der Waals surface area contributed by atoms with Gasteiger partial charge < -0.3 is 5.32 Å². The molecule has 0 fully saturated rings. The van der Waals surface area contributed by atoms with Crippen molar-refractivity contribution in [3.63, 3.8) is 0 Å². The Hall–Kier alpha value is -2.33. The molecule has 1 aromatic carbocycles. The fraction of sp³-hybridized carbons (Fsp3) is 0.111. The number of benzene rings is 1. The van der Waals surface area contributed by atoms with Gasteiger partial charge in [-0.3, -0.25) is 10.1 Å². The molecule has 0 spiro atoms. The van der Waals surface area contributed by atoms with Gasteiger partial charge in [-0.25, -0.2) is 8.42 Å². The smallest absolute Gasteiger partial charge is 0.267 e. The molecule has 0 aliphatic carbocycles. The fourth-order valence-corrected chi connectivity index (χ4v) is 4.36.